The highest BCUT2D eigenvalue weighted by molar-refractivity contribution is 5.78. The molecule has 0 aromatic heterocycles. The Balaban J connectivity index is 2.27. The molecule has 1 amide bonds. The number of hydrogen-bond acceptors (Lipinski definition) is 2. The molecule has 3 heteroatoms. The summed E-state index contributed by atoms with van der Waals surface area (Å²) in [5, 5.41) is 0. The minimum absolute atomic E-state index is 0.275. The molecule has 86 valence electrons. The molecule has 1 saturated heterocycles. The van der Waals surface area contributed by atoms with Crippen molar-refractivity contribution in [3.63, 3.8) is 0 Å². The molecular weight excluding hydrogens is 188 g/mol. The largest absolute Gasteiger partial charge is 0.342 e. The van der Waals surface area contributed by atoms with Gasteiger partial charge in [-0.3, -0.25) is 9.69 Å². The highest BCUT2D eigenvalue weighted by Crippen LogP contribution is 2.07. The van der Waals surface area contributed by atoms with Crippen molar-refractivity contribution in [2.75, 3.05) is 33.2 Å². The summed E-state index contributed by atoms with van der Waals surface area (Å²) >= 11 is 0. The van der Waals surface area contributed by atoms with Crippen LogP contribution in [0.15, 0.2) is 11.6 Å². The van der Waals surface area contributed by atoms with Gasteiger partial charge in [0.05, 0.1) is 6.54 Å². The van der Waals surface area contributed by atoms with E-state index in [2.05, 4.69) is 24.8 Å². The SMILES string of the molecule is CC(C)=CCN(C)CC(=O)N1CCCC1. The second kappa shape index (κ2) is 5.91. The predicted octanol–water partition coefficient (Wildman–Crippen LogP) is 1.51. The number of carbonyl (C=O) groups is 1. The van der Waals surface area contributed by atoms with Gasteiger partial charge in [-0.1, -0.05) is 11.6 Å². The third-order valence-electron chi connectivity index (χ3n) is 2.68. The van der Waals surface area contributed by atoms with Crippen LogP contribution in [-0.4, -0.2) is 48.9 Å². The van der Waals surface area contributed by atoms with E-state index in [9.17, 15) is 4.79 Å². The first kappa shape index (κ1) is 12.2. The lowest BCUT2D eigenvalue weighted by molar-refractivity contribution is -0.130. The second-order valence-corrected chi connectivity index (χ2v) is 4.57. The Morgan fingerprint density at radius 1 is 1.33 bits per heavy atom. The van der Waals surface area contributed by atoms with Crippen LogP contribution in [0, 0.1) is 0 Å². The van der Waals surface area contributed by atoms with Crippen LogP contribution in [0.4, 0.5) is 0 Å². The number of nitrogens with zero attached hydrogens (tertiary/aromatic N) is 2. The Morgan fingerprint density at radius 2 is 1.93 bits per heavy atom. The molecule has 0 aromatic carbocycles. The summed E-state index contributed by atoms with van der Waals surface area (Å²) in [6.45, 7) is 7.47. The maximum absolute atomic E-state index is 11.8. The fourth-order valence-corrected chi connectivity index (χ4v) is 1.70. The lowest BCUT2D eigenvalue weighted by atomic mass is 10.3. The van der Waals surface area contributed by atoms with Gasteiger partial charge in [-0.05, 0) is 33.7 Å². The molecular formula is C12H22N2O. The fraction of sp³-hybridized carbons (Fsp3) is 0.750. The zero-order valence-electron chi connectivity index (χ0n) is 10.1. The van der Waals surface area contributed by atoms with Crippen LogP contribution in [-0.2, 0) is 4.79 Å². The van der Waals surface area contributed by atoms with Crippen LogP contribution in [0.3, 0.4) is 0 Å². The quantitative estimate of drug-likeness (QED) is 0.657. The molecule has 3 nitrogen and oxygen atoms in total. The Morgan fingerprint density at radius 3 is 2.47 bits per heavy atom. The minimum atomic E-state index is 0.275. The van der Waals surface area contributed by atoms with E-state index in [1.54, 1.807) is 0 Å². The van der Waals surface area contributed by atoms with Gasteiger partial charge in [-0.2, -0.15) is 0 Å². The fourth-order valence-electron chi connectivity index (χ4n) is 1.70. The average molecular weight is 210 g/mol. The molecule has 0 aliphatic carbocycles. The number of amides is 1. The zero-order chi connectivity index (χ0) is 11.3. The lowest BCUT2D eigenvalue weighted by Crippen LogP contribution is -2.37. The van der Waals surface area contributed by atoms with Crippen LogP contribution in [0.1, 0.15) is 26.7 Å². The highest BCUT2D eigenvalue weighted by Gasteiger charge is 2.18. The maximum Gasteiger partial charge on any atom is 0.236 e. The van der Waals surface area contributed by atoms with Gasteiger partial charge in [-0.15, -0.1) is 0 Å². The van der Waals surface area contributed by atoms with Crippen molar-refractivity contribution in [2.24, 2.45) is 0 Å². The van der Waals surface area contributed by atoms with Gasteiger partial charge in [0.1, 0.15) is 0 Å². The summed E-state index contributed by atoms with van der Waals surface area (Å²) in [7, 11) is 1.99. The molecule has 1 aliphatic heterocycles. The van der Waals surface area contributed by atoms with Gasteiger partial charge in [0, 0.05) is 19.6 Å². The number of allylic oxidation sites excluding steroid dienone is 1. The van der Waals surface area contributed by atoms with E-state index in [1.807, 2.05) is 11.9 Å². The van der Waals surface area contributed by atoms with Crippen molar-refractivity contribution in [1.29, 1.82) is 0 Å². The van der Waals surface area contributed by atoms with E-state index in [0.717, 1.165) is 19.6 Å². The normalized spacial score (nSPS) is 15.9. The summed E-state index contributed by atoms with van der Waals surface area (Å²) in [5.41, 5.74) is 1.30. The van der Waals surface area contributed by atoms with E-state index in [0.29, 0.717) is 6.54 Å². The molecule has 0 aromatic rings. The number of rotatable bonds is 4. The van der Waals surface area contributed by atoms with Crippen LogP contribution < -0.4 is 0 Å². The van der Waals surface area contributed by atoms with Crippen molar-refractivity contribution in [3.8, 4) is 0 Å². The molecule has 0 spiro atoms. The van der Waals surface area contributed by atoms with Gasteiger partial charge in [-0.25, -0.2) is 0 Å². The summed E-state index contributed by atoms with van der Waals surface area (Å²) < 4.78 is 0. The van der Waals surface area contributed by atoms with Crippen molar-refractivity contribution in [1.82, 2.24) is 9.80 Å². The van der Waals surface area contributed by atoms with E-state index >= 15 is 0 Å². The van der Waals surface area contributed by atoms with Gasteiger partial charge >= 0.3 is 0 Å². The van der Waals surface area contributed by atoms with Gasteiger partial charge in [0.25, 0.3) is 0 Å². The summed E-state index contributed by atoms with van der Waals surface area (Å²) in [6.07, 6.45) is 4.49. The summed E-state index contributed by atoms with van der Waals surface area (Å²) in [4.78, 5) is 15.8. The predicted molar refractivity (Wildman–Crippen MR) is 62.7 cm³/mol. The van der Waals surface area contributed by atoms with Gasteiger partial charge < -0.3 is 4.90 Å². The third kappa shape index (κ3) is 4.47. The summed E-state index contributed by atoms with van der Waals surface area (Å²) in [6, 6.07) is 0. The zero-order valence-corrected chi connectivity index (χ0v) is 10.1. The number of likely N-dealkylation sites (N-methyl/N-ethyl adjacent to an activating group) is 1. The van der Waals surface area contributed by atoms with E-state index in [4.69, 9.17) is 0 Å². The first-order valence-corrected chi connectivity index (χ1v) is 5.69. The molecule has 0 unspecified atom stereocenters. The van der Waals surface area contributed by atoms with Crippen molar-refractivity contribution in [3.05, 3.63) is 11.6 Å². The Bertz CT molecular complexity index is 238. The molecule has 0 atom stereocenters. The molecule has 1 rings (SSSR count). The lowest BCUT2D eigenvalue weighted by Gasteiger charge is -2.20. The van der Waals surface area contributed by atoms with E-state index in [1.165, 1.54) is 18.4 Å². The van der Waals surface area contributed by atoms with E-state index in [-0.39, 0.29) is 5.91 Å². The summed E-state index contributed by atoms with van der Waals surface area (Å²) in [5.74, 6) is 0.275. The Labute approximate surface area is 92.7 Å². The number of carbonyl (C=O) groups excluding carboxylic acids is 1. The topological polar surface area (TPSA) is 23.6 Å². The standard InChI is InChI=1S/C12H22N2O/c1-11(2)6-9-13(3)10-12(15)14-7-4-5-8-14/h6H,4-5,7-10H2,1-3H3. The first-order valence-electron chi connectivity index (χ1n) is 5.69. The maximum atomic E-state index is 11.8. The number of hydrogen-bond donors (Lipinski definition) is 0. The molecule has 0 bridgehead atoms. The van der Waals surface area contributed by atoms with Crippen molar-refractivity contribution < 1.29 is 4.79 Å². The molecule has 0 radical (unpaired) electrons. The molecule has 15 heavy (non-hydrogen) atoms. The first-order chi connectivity index (χ1) is 7.09. The van der Waals surface area contributed by atoms with Crippen LogP contribution >= 0.6 is 0 Å². The van der Waals surface area contributed by atoms with Crippen molar-refractivity contribution >= 4 is 5.91 Å². The molecule has 1 heterocycles. The van der Waals surface area contributed by atoms with Crippen LogP contribution in [0.5, 0.6) is 0 Å². The van der Waals surface area contributed by atoms with E-state index < -0.39 is 0 Å². The minimum Gasteiger partial charge on any atom is -0.342 e. The van der Waals surface area contributed by atoms with Crippen LogP contribution in [0.2, 0.25) is 0 Å². The smallest absolute Gasteiger partial charge is 0.236 e. The Hall–Kier alpha value is -0.830. The monoisotopic (exact) mass is 210 g/mol. The van der Waals surface area contributed by atoms with Gasteiger partial charge in [0.2, 0.25) is 5.91 Å². The van der Waals surface area contributed by atoms with Gasteiger partial charge in [0.15, 0.2) is 0 Å². The van der Waals surface area contributed by atoms with Crippen molar-refractivity contribution in [2.45, 2.75) is 26.7 Å². The third-order valence-corrected chi connectivity index (χ3v) is 2.68. The molecule has 1 aliphatic rings. The highest BCUT2D eigenvalue weighted by atomic mass is 16.2. The van der Waals surface area contributed by atoms with Crippen LogP contribution in [0.25, 0.3) is 0 Å². The average Bonchev–Trinajstić information content (AvgIpc) is 2.67. The Kier molecular flexibility index (Phi) is 4.82. The molecule has 0 saturated carbocycles. The second-order valence-electron chi connectivity index (χ2n) is 4.57. The molecule has 0 N–H and O–H groups in total. The molecule has 1 fully saturated rings. The number of likely N-dealkylation sites (tertiary alicyclic amines) is 1.